The molecular weight excluding hydrogens is 338 g/mol. The minimum absolute atomic E-state index is 0. The Labute approximate surface area is 155 Å². The zero-order valence-corrected chi connectivity index (χ0v) is 15.5. The lowest BCUT2D eigenvalue weighted by molar-refractivity contribution is 0.0600. The molecule has 2 rings (SSSR count). The number of nitrogens with one attached hydrogen (secondary N) is 1. The Bertz CT molecular complexity index is 631. The summed E-state index contributed by atoms with van der Waals surface area (Å²) in [5.74, 6) is -0.313. The zero-order valence-electron chi connectivity index (χ0n) is 14.6. The Morgan fingerprint density at radius 3 is 2.36 bits per heavy atom. The van der Waals surface area contributed by atoms with Crippen molar-refractivity contribution in [3.8, 4) is 0 Å². The lowest BCUT2D eigenvalue weighted by Crippen LogP contribution is -2.30. The van der Waals surface area contributed by atoms with Crippen molar-refractivity contribution in [1.82, 2.24) is 5.32 Å². The normalized spacial score (nSPS) is 12.8. The number of halogens is 1. The molecule has 0 aliphatic heterocycles. The molecule has 2 aromatic rings. The van der Waals surface area contributed by atoms with Crippen LogP contribution in [0.1, 0.15) is 40.9 Å². The molecule has 0 aromatic heterocycles. The van der Waals surface area contributed by atoms with E-state index < -0.39 is 6.10 Å². The van der Waals surface area contributed by atoms with Crippen molar-refractivity contribution in [1.29, 1.82) is 0 Å². The molecule has 4 nitrogen and oxygen atoms in total. The number of carbonyl (C=O) groups excluding carboxylic acids is 1. The number of hydrogen-bond acceptors (Lipinski definition) is 4. The molecule has 0 spiro atoms. The number of benzene rings is 2. The van der Waals surface area contributed by atoms with Crippen molar-refractivity contribution < 1.29 is 14.6 Å². The maximum Gasteiger partial charge on any atom is 0.337 e. The minimum Gasteiger partial charge on any atom is -0.465 e. The fraction of sp³-hybridized carbons (Fsp3) is 0.350. The van der Waals surface area contributed by atoms with Crippen LogP contribution >= 0.6 is 12.4 Å². The molecule has 0 unspecified atom stereocenters. The number of aliphatic hydroxyl groups excluding tert-OH is 1. The summed E-state index contributed by atoms with van der Waals surface area (Å²) in [5, 5.41) is 13.5. The van der Waals surface area contributed by atoms with Crippen LogP contribution in [0.15, 0.2) is 54.6 Å². The number of carbonyl (C=O) groups is 1. The van der Waals surface area contributed by atoms with Gasteiger partial charge in [-0.25, -0.2) is 4.79 Å². The molecule has 25 heavy (non-hydrogen) atoms. The molecule has 5 heteroatoms. The van der Waals surface area contributed by atoms with Gasteiger partial charge in [-0.2, -0.15) is 0 Å². The van der Waals surface area contributed by atoms with Crippen molar-refractivity contribution in [2.45, 2.75) is 31.9 Å². The number of methoxy groups -OCH3 is 1. The van der Waals surface area contributed by atoms with Gasteiger partial charge in [-0.15, -0.1) is 12.4 Å². The van der Waals surface area contributed by atoms with Crippen molar-refractivity contribution in [3.05, 3.63) is 71.3 Å². The van der Waals surface area contributed by atoms with Gasteiger partial charge in [0.15, 0.2) is 0 Å². The highest BCUT2D eigenvalue weighted by molar-refractivity contribution is 5.89. The van der Waals surface area contributed by atoms with Gasteiger partial charge in [0.1, 0.15) is 0 Å². The third-order valence-corrected chi connectivity index (χ3v) is 4.09. The summed E-state index contributed by atoms with van der Waals surface area (Å²) < 4.78 is 4.69. The Morgan fingerprint density at radius 1 is 1.12 bits per heavy atom. The fourth-order valence-corrected chi connectivity index (χ4v) is 2.52. The number of hydrogen-bond donors (Lipinski definition) is 2. The lowest BCUT2D eigenvalue weighted by Gasteiger charge is -2.17. The third kappa shape index (κ3) is 6.86. The van der Waals surface area contributed by atoms with E-state index in [9.17, 15) is 9.90 Å². The van der Waals surface area contributed by atoms with Gasteiger partial charge in [0, 0.05) is 12.6 Å². The first-order valence-electron chi connectivity index (χ1n) is 8.24. The summed E-state index contributed by atoms with van der Waals surface area (Å²) in [7, 11) is 1.38. The number of rotatable bonds is 8. The zero-order chi connectivity index (χ0) is 17.4. The van der Waals surface area contributed by atoms with E-state index in [1.807, 2.05) is 42.5 Å². The first-order chi connectivity index (χ1) is 11.6. The quantitative estimate of drug-likeness (QED) is 0.704. The third-order valence-electron chi connectivity index (χ3n) is 4.09. The summed E-state index contributed by atoms with van der Waals surface area (Å²) in [6, 6.07) is 17.5. The first kappa shape index (κ1) is 21.2. The second-order valence-electron chi connectivity index (χ2n) is 5.96. The highest BCUT2D eigenvalue weighted by Gasteiger charge is 2.09. The summed E-state index contributed by atoms with van der Waals surface area (Å²) in [4.78, 5) is 11.4. The average Bonchev–Trinajstić information content (AvgIpc) is 2.64. The first-order valence-corrected chi connectivity index (χ1v) is 8.24. The number of aliphatic hydroxyl groups is 1. The Hall–Kier alpha value is -1.88. The average molecular weight is 364 g/mol. The molecule has 0 aliphatic carbocycles. The van der Waals surface area contributed by atoms with Gasteiger partial charge in [0.25, 0.3) is 0 Å². The van der Waals surface area contributed by atoms with E-state index in [0.29, 0.717) is 18.2 Å². The highest BCUT2D eigenvalue weighted by atomic mass is 35.5. The Kier molecular flexibility index (Phi) is 9.21. The highest BCUT2D eigenvalue weighted by Crippen LogP contribution is 2.12. The number of aryl methyl sites for hydroxylation is 1. The lowest BCUT2D eigenvalue weighted by atomic mass is 10.0. The molecule has 0 saturated heterocycles. The SMILES string of the molecule is COC(=O)c1ccc(CC[C@H](C)NC[C@H](O)c2ccccc2)cc1.Cl. The van der Waals surface area contributed by atoms with Crippen LogP contribution in [0, 0.1) is 0 Å². The molecule has 0 bridgehead atoms. The van der Waals surface area contributed by atoms with Gasteiger partial charge < -0.3 is 15.2 Å². The summed E-state index contributed by atoms with van der Waals surface area (Å²) in [6.45, 7) is 2.65. The monoisotopic (exact) mass is 363 g/mol. The van der Waals surface area contributed by atoms with Gasteiger partial charge in [-0.05, 0) is 43.0 Å². The Morgan fingerprint density at radius 2 is 1.76 bits per heavy atom. The standard InChI is InChI=1S/C20H25NO3.ClH/c1-15(21-14-19(22)17-6-4-3-5-7-17)8-9-16-10-12-18(13-11-16)20(23)24-2;/h3-7,10-13,15,19,21-22H,8-9,14H2,1-2H3;1H/t15-,19-;/m0./s1. The smallest absolute Gasteiger partial charge is 0.337 e. The van der Waals surface area contributed by atoms with Crippen molar-refractivity contribution in [2.24, 2.45) is 0 Å². The van der Waals surface area contributed by atoms with E-state index >= 15 is 0 Å². The predicted octanol–water partition coefficient (Wildman–Crippen LogP) is 3.54. The molecule has 2 atom stereocenters. The Balaban J connectivity index is 0.00000312. The molecule has 0 saturated carbocycles. The van der Waals surface area contributed by atoms with Crippen LogP contribution in [0.2, 0.25) is 0 Å². The van der Waals surface area contributed by atoms with Crippen molar-refractivity contribution in [2.75, 3.05) is 13.7 Å². The van der Waals surface area contributed by atoms with Crippen LogP contribution in [0.3, 0.4) is 0 Å². The molecule has 0 radical (unpaired) electrons. The number of ether oxygens (including phenoxy) is 1. The van der Waals surface area contributed by atoms with Crippen LogP contribution in [-0.4, -0.2) is 30.8 Å². The van der Waals surface area contributed by atoms with E-state index in [4.69, 9.17) is 4.74 Å². The summed E-state index contributed by atoms with van der Waals surface area (Å²) in [6.07, 6.45) is 1.38. The molecule has 0 amide bonds. The van der Waals surface area contributed by atoms with Crippen LogP contribution in [0.5, 0.6) is 0 Å². The summed E-state index contributed by atoms with van der Waals surface area (Å²) >= 11 is 0. The maximum absolute atomic E-state index is 11.4. The topological polar surface area (TPSA) is 58.6 Å². The van der Waals surface area contributed by atoms with Crippen LogP contribution < -0.4 is 5.32 Å². The summed E-state index contributed by atoms with van der Waals surface area (Å²) in [5.41, 5.74) is 2.67. The molecule has 0 heterocycles. The van der Waals surface area contributed by atoms with Gasteiger partial charge in [-0.1, -0.05) is 42.5 Å². The van der Waals surface area contributed by atoms with E-state index in [-0.39, 0.29) is 18.4 Å². The van der Waals surface area contributed by atoms with Gasteiger partial charge in [-0.3, -0.25) is 0 Å². The van der Waals surface area contributed by atoms with Crippen LogP contribution in [-0.2, 0) is 11.2 Å². The minimum atomic E-state index is -0.493. The largest absolute Gasteiger partial charge is 0.465 e. The fourth-order valence-electron chi connectivity index (χ4n) is 2.52. The molecule has 0 fully saturated rings. The predicted molar refractivity (Wildman–Crippen MR) is 102 cm³/mol. The van der Waals surface area contributed by atoms with Crippen molar-refractivity contribution >= 4 is 18.4 Å². The molecular formula is C20H26ClNO3. The molecule has 2 N–H and O–H groups in total. The second kappa shape index (κ2) is 10.9. The van der Waals surface area contributed by atoms with Gasteiger partial charge in [0.2, 0.25) is 0 Å². The number of esters is 1. The van der Waals surface area contributed by atoms with Crippen LogP contribution in [0.4, 0.5) is 0 Å². The van der Waals surface area contributed by atoms with E-state index in [2.05, 4.69) is 12.2 Å². The van der Waals surface area contributed by atoms with E-state index in [0.717, 1.165) is 18.4 Å². The van der Waals surface area contributed by atoms with E-state index in [1.54, 1.807) is 12.1 Å². The maximum atomic E-state index is 11.4. The van der Waals surface area contributed by atoms with Crippen LogP contribution in [0.25, 0.3) is 0 Å². The molecule has 136 valence electrons. The van der Waals surface area contributed by atoms with Crippen molar-refractivity contribution in [3.63, 3.8) is 0 Å². The molecule has 2 aromatic carbocycles. The molecule has 0 aliphatic rings. The second-order valence-corrected chi connectivity index (χ2v) is 5.96. The van der Waals surface area contributed by atoms with Gasteiger partial charge >= 0.3 is 5.97 Å². The van der Waals surface area contributed by atoms with E-state index in [1.165, 1.54) is 12.7 Å². The van der Waals surface area contributed by atoms with Gasteiger partial charge in [0.05, 0.1) is 18.8 Å².